The maximum absolute atomic E-state index is 5.79. The van der Waals surface area contributed by atoms with Crippen LogP contribution in [0.5, 0.6) is 0 Å². The Bertz CT molecular complexity index is 1240. The lowest BCUT2D eigenvalue weighted by molar-refractivity contribution is 0.583. The van der Waals surface area contributed by atoms with Crippen LogP contribution in [-0.2, 0) is 0 Å². The van der Waals surface area contributed by atoms with Crippen molar-refractivity contribution in [2.45, 2.75) is 0 Å². The largest absolute Gasteiger partial charge is 0.464 e. The normalized spacial score (nSPS) is 11.6. The second kappa shape index (κ2) is 7.14. The molecule has 0 saturated heterocycles. The van der Waals surface area contributed by atoms with E-state index in [0.717, 1.165) is 15.8 Å². The van der Waals surface area contributed by atoms with E-state index in [1.165, 1.54) is 32.7 Å². The van der Waals surface area contributed by atoms with Crippen LogP contribution in [0.3, 0.4) is 0 Å². The molecule has 1 heterocycles. The lowest BCUT2D eigenvalue weighted by atomic mass is 9.90. The first-order valence-electron chi connectivity index (χ1n) is 9.22. The monoisotopic (exact) mass is 424 g/mol. The molecule has 1 nitrogen and oxygen atoms in total. The number of furan rings is 1. The molecule has 28 heavy (non-hydrogen) atoms. The lowest BCUT2D eigenvalue weighted by Crippen LogP contribution is -1.88. The van der Waals surface area contributed by atoms with Crippen LogP contribution in [0.15, 0.2) is 100 Å². The molecule has 0 aliphatic carbocycles. The smallest absolute Gasteiger partial charge is 0.135 e. The van der Waals surface area contributed by atoms with Gasteiger partial charge in [0.1, 0.15) is 5.76 Å². The maximum atomic E-state index is 5.79. The zero-order valence-electron chi connectivity index (χ0n) is 15.1. The van der Waals surface area contributed by atoms with Crippen LogP contribution in [0, 0.1) is 0 Å². The number of hydrogen-bond acceptors (Lipinski definition) is 1. The molecule has 0 fully saturated rings. The summed E-state index contributed by atoms with van der Waals surface area (Å²) in [6.45, 7) is 0. The van der Waals surface area contributed by atoms with Gasteiger partial charge in [0, 0.05) is 10.0 Å². The van der Waals surface area contributed by atoms with Crippen molar-refractivity contribution < 1.29 is 4.42 Å². The number of halogens is 1. The van der Waals surface area contributed by atoms with Crippen LogP contribution >= 0.6 is 15.9 Å². The molecule has 0 N–H and O–H groups in total. The summed E-state index contributed by atoms with van der Waals surface area (Å²) in [5, 5.41) is 4.85. The fourth-order valence-electron chi connectivity index (χ4n) is 3.78. The van der Waals surface area contributed by atoms with Crippen molar-refractivity contribution in [3.05, 3.63) is 107 Å². The van der Waals surface area contributed by atoms with Gasteiger partial charge >= 0.3 is 0 Å². The van der Waals surface area contributed by atoms with E-state index in [0.29, 0.717) is 0 Å². The van der Waals surface area contributed by atoms with Gasteiger partial charge in [-0.3, -0.25) is 0 Å². The maximum Gasteiger partial charge on any atom is 0.135 e. The standard InChI is InChI=1S/C26H17BrO/c27-19-14-11-18(12-15-19)13-16-22-20-6-1-3-8-23(20)26(25-10-5-17-28-25)24-9-4-2-7-21(22)24/h1-17H/b16-13+. The van der Waals surface area contributed by atoms with Crippen molar-refractivity contribution >= 4 is 49.6 Å². The summed E-state index contributed by atoms with van der Waals surface area (Å²) in [6.07, 6.45) is 6.13. The first-order valence-corrected chi connectivity index (χ1v) is 10.0. The van der Waals surface area contributed by atoms with E-state index in [2.05, 4.69) is 101 Å². The Balaban J connectivity index is 1.82. The zero-order chi connectivity index (χ0) is 18.9. The summed E-state index contributed by atoms with van der Waals surface area (Å²) in [7, 11) is 0. The van der Waals surface area contributed by atoms with E-state index >= 15 is 0 Å². The van der Waals surface area contributed by atoms with Gasteiger partial charge in [0.2, 0.25) is 0 Å². The highest BCUT2D eigenvalue weighted by Gasteiger charge is 2.15. The van der Waals surface area contributed by atoms with Gasteiger partial charge in [-0.2, -0.15) is 0 Å². The molecule has 0 bridgehead atoms. The van der Waals surface area contributed by atoms with Crippen LogP contribution in [0.25, 0.3) is 45.0 Å². The van der Waals surface area contributed by atoms with Gasteiger partial charge in [-0.25, -0.2) is 0 Å². The first-order chi connectivity index (χ1) is 13.8. The van der Waals surface area contributed by atoms with Crippen molar-refractivity contribution in [2.75, 3.05) is 0 Å². The average molecular weight is 425 g/mol. The van der Waals surface area contributed by atoms with Gasteiger partial charge < -0.3 is 4.42 Å². The third-order valence-electron chi connectivity index (χ3n) is 5.05. The van der Waals surface area contributed by atoms with Crippen LogP contribution in [0.1, 0.15) is 11.1 Å². The molecular weight excluding hydrogens is 408 g/mol. The number of fused-ring (bicyclic) bond motifs is 2. The minimum atomic E-state index is 0.899. The fourth-order valence-corrected chi connectivity index (χ4v) is 4.05. The predicted molar refractivity (Wildman–Crippen MR) is 122 cm³/mol. The van der Waals surface area contributed by atoms with E-state index in [9.17, 15) is 0 Å². The average Bonchev–Trinajstić information content (AvgIpc) is 3.26. The van der Waals surface area contributed by atoms with Gasteiger partial charge in [-0.05, 0) is 56.9 Å². The van der Waals surface area contributed by atoms with Crippen molar-refractivity contribution in [1.29, 1.82) is 0 Å². The molecule has 0 aliphatic rings. The minimum absolute atomic E-state index is 0.899. The molecule has 0 saturated carbocycles. The second-order valence-corrected chi connectivity index (χ2v) is 7.66. The van der Waals surface area contributed by atoms with Crippen LogP contribution in [-0.4, -0.2) is 0 Å². The Morgan fingerprint density at radius 2 is 1.21 bits per heavy atom. The van der Waals surface area contributed by atoms with Gasteiger partial charge in [0.15, 0.2) is 0 Å². The lowest BCUT2D eigenvalue weighted by Gasteiger charge is -2.14. The van der Waals surface area contributed by atoms with Crippen molar-refractivity contribution in [3.8, 4) is 11.3 Å². The van der Waals surface area contributed by atoms with Gasteiger partial charge in [-0.1, -0.05) is 88.7 Å². The van der Waals surface area contributed by atoms with Crippen LogP contribution in [0.2, 0.25) is 0 Å². The Morgan fingerprint density at radius 1 is 0.607 bits per heavy atom. The number of rotatable bonds is 3. The molecule has 0 atom stereocenters. The van der Waals surface area contributed by atoms with Crippen molar-refractivity contribution in [2.24, 2.45) is 0 Å². The van der Waals surface area contributed by atoms with Gasteiger partial charge in [0.25, 0.3) is 0 Å². The summed E-state index contributed by atoms with van der Waals surface area (Å²) < 4.78 is 6.88. The second-order valence-electron chi connectivity index (χ2n) is 6.74. The first kappa shape index (κ1) is 17.0. The molecule has 1 aromatic heterocycles. The van der Waals surface area contributed by atoms with E-state index < -0.39 is 0 Å². The van der Waals surface area contributed by atoms with Crippen LogP contribution < -0.4 is 0 Å². The molecule has 134 valence electrons. The SMILES string of the molecule is Brc1ccc(/C=C/c2c3ccccc3c(-c3ccco3)c3ccccc23)cc1. The van der Waals surface area contributed by atoms with E-state index in [1.807, 2.05) is 12.1 Å². The highest BCUT2D eigenvalue weighted by molar-refractivity contribution is 9.10. The Hall–Kier alpha value is -3.10. The van der Waals surface area contributed by atoms with Crippen LogP contribution in [0.4, 0.5) is 0 Å². The quantitative estimate of drug-likeness (QED) is 0.210. The summed E-state index contributed by atoms with van der Waals surface area (Å²) in [5.41, 5.74) is 3.55. The molecule has 5 aromatic rings. The Morgan fingerprint density at radius 3 is 1.79 bits per heavy atom. The van der Waals surface area contributed by atoms with Crippen molar-refractivity contribution in [3.63, 3.8) is 0 Å². The van der Waals surface area contributed by atoms with E-state index in [-0.39, 0.29) is 0 Å². The highest BCUT2D eigenvalue weighted by Crippen LogP contribution is 2.40. The van der Waals surface area contributed by atoms with Crippen molar-refractivity contribution in [1.82, 2.24) is 0 Å². The third-order valence-corrected chi connectivity index (χ3v) is 5.58. The summed E-state index contributed by atoms with van der Waals surface area (Å²) in [4.78, 5) is 0. The zero-order valence-corrected chi connectivity index (χ0v) is 16.7. The topological polar surface area (TPSA) is 13.1 Å². The van der Waals surface area contributed by atoms with E-state index in [4.69, 9.17) is 4.42 Å². The van der Waals surface area contributed by atoms with E-state index in [1.54, 1.807) is 6.26 Å². The minimum Gasteiger partial charge on any atom is -0.464 e. The van der Waals surface area contributed by atoms with Gasteiger partial charge in [0.05, 0.1) is 6.26 Å². The highest BCUT2D eigenvalue weighted by atomic mass is 79.9. The fraction of sp³-hybridized carbons (Fsp3) is 0. The molecule has 0 radical (unpaired) electrons. The summed E-state index contributed by atoms with van der Waals surface area (Å²) in [6, 6.07) is 29.4. The molecule has 2 heteroatoms. The number of benzene rings is 4. The molecule has 0 spiro atoms. The molecule has 5 rings (SSSR count). The summed E-state index contributed by atoms with van der Waals surface area (Å²) in [5.74, 6) is 0.899. The van der Waals surface area contributed by atoms with Gasteiger partial charge in [-0.15, -0.1) is 0 Å². The Kier molecular flexibility index (Phi) is 4.34. The predicted octanol–water partition coefficient (Wildman–Crippen LogP) is 8.19. The molecule has 0 unspecified atom stereocenters. The molecular formula is C26H17BrO. The molecule has 0 amide bonds. The summed E-state index contributed by atoms with van der Waals surface area (Å²) >= 11 is 3.50. The molecule has 4 aromatic carbocycles. The molecule has 0 aliphatic heterocycles. The number of hydrogen-bond donors (Lipinski definition) is 0. The Labute approximate surface area is 172 Å². The third kappa shape index (κ3) is 2.96.